The van der Waals surface area contributed by atoms with Crippen molar-refractivity contribution in [2.45, 2.75) is 52.5 Å². The second-order valence-electron chi connectivity index (χ2n) is 9.44. The number of amides is 1. The van der Waals surface area contributed by atoms with Crippen molar-refractivity contribution in [3.63, 3.8) is 0 Å². The van der Waals surface area contributed by atoms with Crippen LogP contribution in [0.1, 0.15) is 48.2 Å². The number of rotatable bonds is 8. The van der Waals surface area contributed by atoms with Gasteiger partial charge in [0.25, 0.3) is 0 Å². The lowest BCUT2D eigenvalue weighted by Gasteiger charge is -2.18. The Morgan fingerprint density at radius 2 is 1.80 bits per heavy atom. The minimum atomic E-state index is 0.0701. The molecule has 3 aromatic carbocycles. The number of ether oxygens (including phenoxy) is 1. The van der Waals surface area contributed by atoms with E-state index in [1.54, 1.807) is 0 Å². The van der Waals surface area contributed by atoms with E-state index < -0.39 is 0 Å². The van der Waals surface area contributed by atoms with Gasteiger partial charge in [-0.3, -0.25) is 4.79 Å². The van der Waals surface area contributed by atoms with Crippen molar-refractivity contribution in [1.29, 1.82) is 0 Å². The van der Waals surface area contributed by atoms with Crippen molar-refractivity contribution in [3.8, 4) is 5.75 Å². The van der Waals surface area contributed by atoms with Crippen molar-refractivity contribution in [1.82, 2.24) is 9.55 Å². The molecule has 1 aromatic heterocycles. The van der Waals surface area contributed by atoms with E-state index in [0.29, 0.717) is 19.6 Å². The summed E-state index contributed by atoms with van der Waals surface area (Å²) >= 11 is 0. The molecule has 1 saturated heterocycles. The molecule has 0 spiro atoms. The molecular weight excluding hydrogens is 434 g/mol. The first-order valence-electron chi connectivity index (χ1n) is 12.6. The normalized spacial score (nSPS) is 15.8. The van der Waals surface area contributed by atoms with Gasteiger partial charge in [0.1, 0.15) is 11.6 Å². The standard InChI is InChI=1S/C30H33N3O2/c1-4-23-13-15-25(16-14-23)33-20-24(19-29(33)34)30-31-26-10-5-6-11-27(26)32(30)17-8-18-35-28-12-7-9-21(2)22(28)3/h5-7,9-16,24H,4,8,17-20H2,1-3H3. The highest BCUT2D eigenvalue weighted by molar-refractivity contribution is 5.96. The number of aromatic nitrogens is 2. The molecule has 35 heavy (non-hydrogen) atoms. The number of anilines is 1. The summed E-state index contributed by atoms with van der Waals surface area (Å²) in [5.41, 5.74) is 6.78. The monoisotopic (exact) mass is 467 g/mol. The molecule has 180 valence electrons. The van der Waals surface area contributed by atoms with Gasteiger partial charge in [0.2, 0.25) is 5.91 Å². The predicted octanol–water partition coefficient (Wildman–Crippen LogP) is 6.21. The van der Waals surface area contributed by atoms with Gasteiger partial charge in [-0.05, 0) is 73.7 Å². The lowest BCUT2D eigenvalue weighted by Crippen LogP contribution is -2.24. The largest absolute Gasteiger partial charge is 0.493 e. The summed E-state index contributed by atoms with van der Waals surface area (Å²) in [5.74, 6) is 2.18. The zero-order valence-electron chi connectivity index (χ0n) is 20.8. The van der Waals surface area contributed by atoms with E-state index in [4.69, 9.17) is 9.72 Å². The van der Waals surface area contributed by atoms with E-state index in [1.165, 1.54) is 16.7 Å². The van der Waals surface area contributed by atoms with Gasteiger partial charge >= 0.3 is 0 Å². The SMILES string of the molecule is CCc1ccc(N2CC(c3nc4ccccc4n3CCCOc3cccc(C)c3C)CC2=O)cc1. The van der Waals surface area contributed by atoms with Crippen LogP contribution in [0.2, 0.25) is 0 Å². The van der Waals surface area contributed by atoms with Gasteiger partial charge in [0.05, 0.1) is 17.6 Å². The smallest absolute Gasteiger partial charge is 0.227 e. The summed E-state index contributed by atoms with van der Waals surface area (Å²) < 4.78 is 8.40. The van der Waals surface area contributed by atoms with Crippen LogP contribution in [0.25, 0.3) is 11.0 Å². The lowest BCUT2D eigenvalue weighted by molar-refractivity contribution is -0.117. The highest BCUT2D eigenvalue weighted by atomic mass is 16.5. The second kappa shape index (κ2) is 9.95. The maximum Gasteiger partial charge on any atom is 0.227 e. The molecule has 0 saturated carbocycles. The molecule has 1 aliphatic rings. The molecule has 1 unspecified atom stereocenters. The van der Waals surface area contributed by atoms with E-state index in [2.05, 4.69) is 73.9 Å². The molecule has 0 N–H and O–H groups in total. The average Bonchev–Trinajstić information content (AvgIpc) is 3.44. The van der Waals surface area contributed by atoms with E-state index in [0.717, 1.165) is 47.7 Å². The molecule has 1 aliphatic heterocycles. The Morgan fingerprint density at radius 3 is 2.60 bits per heavy atom. The molecule has 2 heterocycles. The second-order valence-corrected chi connectivity index (χ2v) is 9.44. The van der Waals surface area contributed by atoms with Crippen LogP contribution in [-0.4, -0.2) is 28.6 Å². The molecule has 4 aromatic rings. The van der Waals surface area contributed by atoms with Crippen LogP contribution in [0.3, 0.4) is 0 Å². The van der Waals surface area contributed by atoms with Crippen molar-refractivity contribution < 1.29 is 9.53 Å². The highest BCUT2D eigenvalue weighted by Gasteiger charge is 2.34. The Hall–Kier alpha value is -3.60. The zero-order valence-corrected chi connectivity index (χ0v) is 20.8. The third kappa shape index (κ3) is 4.68. The Morgan fingerprint density at radius 1 is 1.00 bits per heavy atom. The Bertz CT molecular complexity index is 1340. The number of hydrogen-bond donors (Lipinski definition) is 0. The molecule has 5 heteroatoms. The van der Waals surface area contributed by atoms with Crippen LogP contribution in [0, 0.1) is 13.8 Å². The number of nitrogens with zero attached hydrogens (tertiary/aromatic N) is 3. The van der Waals surface area contributed by atoms with Gasteiger partial charge in [-0.1, -0.05) is 43.3 Å². The van der Waals surface area contributed by atoms with Gasteiger partial charge in [-0.15, -0.1) is 0 Å². The number of fused-ring (bicyclic) bond motifs is 1. The molecule has 0 bridgehead atoms. The first-order valence-corrected chi connectivity index (χ1v) is 12.6. The summed E-state index contributed by atoms with van der Waals surface area (Å²) in [6.07, 6.45) is 2.34. The third-order valence-electron chi connectivity index (χ3n) is 7.17. The molecule has 0 radical (unpaired) electrons. The van der Waals surface area contributed by atoms with Gasteiger partial charge in [0.15, 0.2) is 0 Å². The van der Waals surface area contributed by atoms with Crippen LogP contribution < -0.4 is 9.64 Å². The van der Waals surface area contributed by atoms with Crippen LogP contribution >= 0.6 is 0 Å². The number of aryl methyl sites for hydroxylation is 3. The molecule has 1 fully saturated rings. The fourth-order valence-electron chi connectivity index (χ4n) is 4.97. The maximum absolute atomic E-state index is 13.0. The molecule has 0 aliphatic carbocycles. The Kier molecular flexibility index (Phi) is 6.58. The molecule has 5 nitrogen and oxygen atoms in total. The zero-order chi connectivity index (χ0) is 24.4. The van der Waals surface area contributed by atoms with Crippen LogP contribution in [0.5, 0.6) is 5.75 Å². The number of benzene rings is 3. The first-order chi connectivity index (χ1) is 17.0. The lowest BCUT2D eigenvalue weighted by atomic mass is 10.1. The van der Waals surface area contributed by atoms with Crippen molar-refractivity contribution in [2.75, 3.05) is 18.1 Å². The van der Waals surface area contributed by atoms with Crippen molar-refractivity contribution in [3.05, 3.63) is 89.2 Å². The molecule has 1 atom stereocenters. The minimum Gasteiger partial charge on any atom is -0.493 e. The highest BCUT2D eigenvalue weighted by Crippen LogP contribution is 2.33. The van der Waals surface area contributed by atoms with Gasteiger partial charge in [-0.2, -0.15) is 0 Å². The summed E-state index contributed by atoms with van der Waals surface area (Å²) in [6.45, 7) is 8.45. The number of carbonyl (C=O) groups excluding carboxylic acids is 1. The Balaban J connectivity index is 1.34. The van der Waals surface area contributed by atoms with Crippen molar-refractivity contribution >= 4 is 22.6 Å². The average molecular weight is 468 g/mol. The molecule has 1 amide bonds. The topological polar surface area (TPSA) is 47.4 Å². The minimum absolute atomic E-state index is 0.0701. The number of hydrogen-bond acceptors (Lipinski definition) is 3. The third-order valence-corrected chi connectivity index (χ3v) is 7.17. The summed E-state index contributed by atoms with van der Waals surface area (Å²) in [7, 11) is 0. The quantitative estimate of drug-likeness (QED) is 0.290. The fourth-order valence-corrected chi connectivity index (χ4v) is 4.97. The van der Waals surface area contributed by atoms with Gasteiger partial charge < -0.3 is 14.2 Å². The maximum atomic E-state index is 13.0. The van der Waals surface area contributed by atoms with Crippen LogP contribution in [0.4, 0.5) is 5.69 Å². The summed E-state index contributed by atoms with van der Waals surface area (Å²) in [5, 5.41) is 0. The Labute approximate surface area is 207 Å². The van der Waals surface area contributed by atoms with Gasteiger partial charge in [-0.25, -0.2) is 4.98 Å². The summed E-state index contributed by atoms with van der Waals surface area (Å²) in [4.78, 5) is 19.9. The molecule has 5 rings (SSSR count). The number of para-hydroxylation sites is 2. The number of imidazole rings is 1. The fraction of sp³-hybridized carbons (Fsp3) is 0.333. The van der Waals surface area contributed by atoms with Crippen LogP contribution in [0.15, 0.2) is 66.7 Å². The van der Waals surface area contributed by atoms with E-state index >= 15 is 0 Å². The summed E-state index contributed by atoms with van der Waals surface area (Å²) in [6, 6.07) is 22.8. The predicted molar refractivity (Wildman–Crippen MR) is 141 cm³/mol. The van der Waals surface area contributed by atoms with Crippen LogP contribution in [-0.2, 0) is 17.8 Å². The van der Waals surface area contributed by atoms with E-state index in [1.807, 2.05) is 23.1 Å². The van der Waals surface area contributed by atoms with E-state index in [9.17, 15) is 4.79 Å². The van der Waals surface area contributed by atoms with Crippen molar-refractivity contribution in [2.24, 2.45) is 0 Å². The van der Waals surface area contributed by atoms with E-state index in [-0.39, 0.29) is 11.8 Å². The first kappa shape index (κ1) is 23.2. The van der Waals surface area contributed by atoms with Gasteiger partial charge in [0, 0.05) is 31.1 Å². The number of carbonyl (C=O) groups is 1. The molecular formula is C30H33N3O2.